The molecule has 21 heavy (non-hydrogen) atoms. The van der Waals surface area contributed by atoms with Crippen molar-refractivity contribution in [2.45, 2.75) is 38.5 Å². The second-order valence-corrected chi connectivity index (χ2v) is 5.76. The highest BCUT2D eigenvalue weighted by molar-refractivity contribution is 5.66. The van der Waals surface area contributed by atoms with Crippen LogP contribution in [0, 0.1) is 0 Å². The molecule has 3 N–H and O–H groups in total. The van der Waals surface area contributed by atoms with Crippen LogP contribution in [-0.2, 0) is 6.18 Å². The zero-order valence-electron chi connectivity index (χ0n) is 12.1. The third-order valence-electron chi connectivity index (χ3n) is 3.09. The summed E-state index contributed by atoms with van der Waals surface area (Å²) in [5, 5.41) is 9.18. The summed E-state index contributed by atoms with van der Waals surface area (Å²) < 4.78 is 38.9. The largest absolute Gasteiger partial charge is 0.465 e. The molecule has 7 heteroatoms. The molecule has 0 fully saturated rings. The van der Waals surface area contributed by atoms with Gasteiger partial charge in [-0.2, -0.15) is 13.2 Å². The maximum Gasteiger partial charge on any atom is 0.416 e. The van der Waals surface area contributed by atoms with Crippen molar-refractivity contribution in [3.05, 3.63) is 35.4 Å². The summed E-state index contributed by atoms with van der Waals surface area (Å²) >= 11 is 0. The number of halogens is 3. The average molecular weight is 304 g/mol. The molecule has 118 valence electrons. The van der Waals surface area contributed by atoms with Gasteiger partial charge in [0, 0.05) is 18.1 Å². The van der Waals surface area contributed by atoms with E-state index >= 15 is 0 Å². The summed E-state index contributed by atoms with van der Waals surface area (Å²) in [6, 6.07) is 3.89. The number of rotatable bonds is 3. The highest BCUT2D eigenvalue weighted by atomic mass is 19.4. The minimum atomic E-state index is -4.52. The summed E-state index contributed by atoms with van der Waals surface area (Å²) in [6.07, 6.45) is -5.74. The van der Waals surface area contributed by atoms with Crippen molar-refractivity contribution < 1.29 is 23.1 Å². The Labute approximate surface area is 121 Å². The fourth-order valence-electron chi connectivity index (χ4n) is 2.01. The Bertz CT molecular complexity index is 510. The Balaban J connectivity index is 3.10. The number of carboxylic acid groups (broad SMARTS) is 1. The molecule has 1 amide bonds. The topological polar surface area (TPSA) is 66.6 Å². The fraction of sp³-hybridized carbons (Fsp3) is 0.500. The van der Waals surface area contributed by atoms with E-state index in [9.17, 15) is 23.1 Å². The minimum Gasteiger partial charge on any atom is -0.465 e. The fourth-order valence-corrected chi connectivity index (χ4v) is 2.01. The molecule has 1 aromatic rings. The van der Waals surface area contributed by atoms with Crippen LogP contribution >= 0.6 is 0 Å². The van der Waals surface area contributed by atoms with Crippen molar-refractivity contribution in [3.8, 4) is 0 Å². The van der Waals surface area contributed by atoms with Gasteiger partial charge in [-0.1, -0.05) is 18.2 Å². The van der Waals surface area contributed by atoms with Crippen LogP contribution in [0.2, 0.25) is 0 Å². The van der Waals surface area contributed by atoms with Gasteiger partial charge < -0.3 is 15.7 Å². The third-order valence-corrected chi connectivity index (χ3v) is 3.09. The number of carbonyl (C=O) groups is 1. The van der Waals surface area contributed by atoms with Crippen molar-refractivity contribution in [1.82, 2.24) is 4.90 Å². The number of benzene rings is 1. The van der Waals surface area contributed by atoms with Crippen molar-refractivity contribution in [1.29, 1.82) is 0 Å². The molecule has 1 aromatic carbocycles. The first-order valence-corrected chi connectivity index (χ1v) is 6.37. The lowest BCUT2D eigenvalue weighted by molar-refractivity contribution is -0.138. The van der Waals surface area contributed by atoms with Gasteiger partial charge in [0.15, 0.2) is 0 Å². The van der Waals surface area contributed by atoms with E-state index in [4.69, 9.17) is 5.73 Å². The SMILES string of the molecule is CC(C)(C)N(CC(N)c1ccccc1C(F)(F)F)C(=O)O. The Kier molecular flexibility index (Phi) is 4.88. The van der Waals surface area contributed by atoms with Crippen LogP contribution in [0.15, 0.2) is 24.3 Å². The Hall–Kier alpha value is -1.76. The molecule has 0 saturated carbocycles. The van der Waals surface area contributed by atoms with Gasteiger partial charge in [-0.15, -0.1) is 0 Å². The quantitative estimate of drug-likeness (QED) is 0.898. The lowest BCUT2D eigenvalue weighted by atomic mass is 9.98. The molecule has 0 saturated heterocycles. The van der Waals surface area contributed by atoms with E-state index in [2.05, 4.69) is 0 Å². The summed E-state index contributed by atoms with van der Waals surface area (Å²) in [5.41, 5.74) is 4.12. The smallest absolute Gasteiger partial charge is 0.416 e. The average Bonchev–Trinajstić information content (AvgIpc) is 2.32. The first-order chi connectivity index (χ1) is 9.44. The van der Waals surface area contributed by atoms with Gasteiger partial charge in [0.05, 0.1) is 5.56 Å². The Morgan fingerprint density at radius 1 is 1.29 bits per heavy atom. The molecule has 0 heterocycles. The van der Waals surface area contributed by atoms with Crippen LogP contribution in [0.3, 0.4) is 0 Å². The van der Waals surface area contributed by atoms with Crippen molar-refractivity contribution >= 4 is 6.09 Å². The van der Waals surface area contributed by atoms with E-state index in [0.717, 1.165) is 11.0 Å². The Morgan fingerprint density at radius 2 is 1.81 bits per heavy atom. The molecule has 0 aliphatic rings. The number of alkyl halides is 3. The lowest BCUT2D eigenvalue weighted by Crippen LogP contribution is -2.48. The third kappa shape index (κ3) is 4.35. The molecule has 4 nitrogen and oxygen atoms in total. The maximum absolute atomic E-state index is 13.0. The predicted molar refractivity (Wildman–Crippen MR) is 72.9 cm³/mol. The number of hydrogen-bond acceptors (Lipinski definition) is 2. The first-order valence-electron chi connectivity index (χ1n) is 6.37. The normalized spacial score (nSPS) is 13.9. The summed E-state index contributed by atoms with van der Waals surface area (Å²) in [5.74, 6) is 0. The highest BCUT2D eigenvalue weighted by Crippen LogP contribution is 2.34. The van der Waals surface area contributed by atoms with Crippen molar-refractivity contribution in [2.75, 3.05) is 6.54 Å². The molecule has 0 radical (unpaired) electrons. The number of nitrogens with zero attached hydrogens (tertiary/aromatic N) is 1. The molecule has 0 aromatic heterocycles. The van der Waals surface area contributed by atoms with Crippen LogP contribution in [0.1, 0.15) is 37.9 Å². The second-order valence-electron chi connectivity index (χ2n) is 5.76. The molecule has 0 spiro atoms. The zero-order chi connectivity index (χ0) is 16.4. The summed E-state index contributed by atoms with van der Waals surface area (Å²) in [4.78, 5) is 12.3. The van der Waals surface area contributed by atoms with Crippen molar-refractivity contribution in [3.63, 3.8) is 0 Å². The van der Waals surface area contributed by atoms with Gasteiger partial charge in [-0.05, 0) is 32.4 Å². The van der Waals surface area contributed by atoms with Crippen LogP contribution in [-0.4, -0.2) is 28.2 Å². The van der Waals surface area contributed by atoms with Crippen LogP contribution in [0.5, 0.6) is 0 Å². The highest BCUT2D eigenvalue weighted by Gasteiger charge is 2.36. The Morgan fingerprint density at radius 3 is 2.24 bits per heavy atom. The van der Waals surface area contributed by atoms with Gasteiger partial charge in [0.2, 0.25) is 0 Å². The van der Waals surface area contributed by atoms with Gasteiger partial charge in [-0.25, -0.2) is 4.79 Å². The molecule has 1 atom stereocenters. The molecule has 0 aliphatic heterocycles. The van der Waals surface area contributed by atoms with Crippen molar-refractivity contribution in [2.24, 2.45) is 5.73 Å². The summed E-state index contributed by atoms with van der Waals surface area (Å²) in [6.45, 7) is 4.75. The van der Waals surface area contributed by atoms with Crippen LogP contribution in [0.25, 0.3) is 0 Å². The van der Waals surface area contributed by atoms with Gasteiger partial charge >= 0.3 is 12.3 Å². The van der Waals surface area contributed by atoms with E-state index in [1.807, 2.05) is 0 Å². The summed E-state index contributed by atoms with van der Waals surface area (Å²) in [7, 11) is 0. The predicted octanol–water partition coefficient (Wildman–Crippen LogP) is 3.48. The van der Waals surface area contributed by atoms with E-state index in [-0.39, 0.29) is 12.1 Å². The molecule has 1 rings (SSSR count). The molecule has 0 bridgehead atoms. The standard InChI is InChI=1S/C14H19F3N2O2/c1-13(2,3)19(12(20)21)8-11(18)9-6-4-5-7-10(9)14(15,16)17/h4-7,11H,8,18H2,1-3H3,(H,20,21). The van der Waals surface area contributed by atoms with Gasteiger partial charge in [0.25, 0.3) is 0 Å². The maximum atomic E-state index is 13.0. The lowest BCUT2D eigenvalue weighted by Gasteiger charge is -2.35. The monoisotopic (exact) mass is 304 g/mol. The molecule has 0 aliphatic carbocycles. The van der Waals surface area contributed by atoms with Gasteiger partial charge in [-0.3, -0.25) is 0 Å². The van der Waals surface area contributed by atoms with E-state index in [1.54, 1.807) is 20.8 Å². The van der Waals surface area contributed by atoms with E-state index < -0.39 is 29.4 Å². The molecular formula is C14H19F3N2O2. The van der Waals surface area contributed by atoms with Crippen LogP contribution < -0.4 is 5.73 Å². The number of hydrogen-bond donors (Lipinski definition) is 2. The second kappa shape index (κ2) is 5.93. The zero-order valence-corrected chi connectivity index (χ0v) is 12.1. The van der Waals surface area contributed by atoms with E-state index in [1.165, 1.54) is 18.2 Å². The minimum absolute atomic E-state index is 0.111. The number of nitrogens with two attached hydrogens (primary N) is 1. The van der Waals surface area contributed by atoms with Gasteiger partial charge in [0.1, 0.15) is 0 Å². The molecule has 1 unspecified atom stereocenters. The first kappa shape index (κ1) is 17.3. The van der Waals surface area contributed by atoms with Crippen LogP contribution in [0.4, 0.5) is 18.0 Å². The number of amides is 1. The van der Waals surface area contributed by atoms with E-state index in [0.29, 0.717) is 0 Å². The molecular weight excluding hydrogens is 285 g/mol.